The van der Waals surface area contributed by atoms with Gasteiger partial charge in [-0.15, -0.1) is 0 Å². The molecule has 0 aromatic carbocycles. The molecule has 3 aromatic rings. The van der Waals surface area contributed by atoms with E-state index >= 15 is 0 Å². The van der Waals surface area contributed by atoms with Gasteiger partial charge in [0.15, 0.2) is 17.3 Å². The summed E-state index contributed by atoms with van der Waals surface area (Å²) in [6.07, 6.45) is 9.32. The van der Waals surface area contributed by atoms with E-state index in [1.165, 1.54) is 0 Å². The molecule has 3 aromatic heterocycles. The second-order valence-electron chi connectivity index (χ2n) is 8.99. The van der Waals surface area contributed by atoms with Crippen molar-refractivity contribution in [3.05, 3.63) is 42.1 Å². The van der Waals surface area contributed by atoms with Crippen LogP contribution >= 0.6 is 0 Å². The average molecular weight is 497 g/mol. The van der Waals surface area contributed by atoms with Crippen molar-refractivity contribution in [1.29, 1.82) is 0 Å². The fraction of sp³-hybridized carbons (Fsp3) is 0.500. The van der Waals surface area contributed by atoms with Gasteiger partial charge in [0.05, 0.1) is 52.5 Å². The monoisotopic (exact) mass is 496 g/mol. The lowest BCUT2D eigenvalue weighted by Crippen LogP contribution is -2.33. The topological polar surface area (TPSA) is 125 Å². The van der Waals surface area contributed by atoms with E-state index < -0.39 is 0 Å². The molecule has 0 saturated carbocycles. The van der Waals surface area contributed by atoms with E-state index in [-0.39, 0.29) is 24.6 Å². The Kier molecular flexibility index (Phi) is 6.44. The van der Waals surface area contributed by atoms with Crippen LogP contribution in [-0.2, 0) is 21.3 Å². The predicted molar refractivity (Wildman–Crippen MR) is 134 cm³/mol. The number of anilines is 3. The molecule has 2 aliphatic rings. The first-order valence-corrected chi connectivity index (χ1v) is 11.9. The molecule has 1 aliphatic heterocycles. The van der Waals surface area contributed by atoms with Crippen LogP contribution in [0.4, 0.5) is 17.6 Å². The first kappa shape index (κ1) is 23.9. The Labute approximate surface area is 209 Å². The fourth-order valence-corrected chi connectivity index (χ4v) is 5.10. The summed E-state index contributed by atoms with van der Waals surface area (Å²) in [5.41, 5.74) is 1.50. The number of fused-ring (bicyclic) bond motifs is 1. The van der Waals surface area contributed by atoms with Crippen molar-refractivity contribution < 1.29 is 19.3 Å². The van der Waals surface area contributed by atoms with Gasteiger partial charge in [0, 0.05) is 25.7 Å². The summed E-state index contributed by atoms with van der Waals surface area (Å²) in [5.74, 6) is 3.72. The maximum atomic E-state index is 9.80. The number of aliphatic hydroxyl groups is 1. The molecular formula is C24H32N8O4. The highest BCUT2D eigenvalue weighted by Crippen LogP contribution is 2.38. The first-order valence-electron chi connectivity index (χ1n) is 11.9. The zero-order valence-electron chi connectivity index (χ0n) is 21.2. The summed E-state index contributed by atoms with van der Waals surface area (Å²) in [7, 11) is 6.70. The molecule has 3 atom stereocenters. The molecule has 0 amide bonds. The van der Waals surface area contributed by atoms with Crippen LogP contribution in [0, 0.1) is 5.92 Å². The highest BCUT2D eigenvalue weighted by atomic mass is 16.5. The molecule has 4 heterocycles. The molecule has 192 valence electrons. The number of nitrogens with zero attached hydrogens (tertiary/aromatic N) is 7. The Balaban J connectivity index is 1.47. The molecule has 5 rings (SSSR count). The number of allylic oxidation sites excluding steroid dienone is 2. The zero-order chi connectivity index (χ0) is 25.4. The predicted octanol–water partition coefficient (Wildman–Crippen LogP) is 2.49. The average Bonchev–Trinajstić information content (AvgIpc) is 3.63. The number of rotatable bonds is 8. The van der Waals surface area contributed by atoms with Gasteiger partial charge in [0.25, 0.3) is 0 Å². The normalized spacial score (nSPS) is 22.2. The number of aromatic nitrogens is 6. The molecule has 0 radical (unpaired) electrons. The van der Waals surface area contributed by atoms with E-state index in [1.54, 1.807) is 38.5 Å². The highest BCUT2D eigenvalue weighted by Gasteiger charge is 2.33. The molecule has 0 bridgehead atoms. The third-order valence-electron chi connectivity index (χ3n) is 6.95. The number of aryl methyl sites for hydroxylation is 1. The molecule has 0 spiro atoms. The van der Waals surface area contributed by atoms with Crippen LogP contribution in [0.25, 0.3) is 11.0 Å². The molecule has 12 heteroatoms. The standard InChI is InChI=1S/C24H32N8O4/c1-14-17(9-18(34-3)22(36-5)21(14)35-4)31-11-19(25-13-31)28-23-20-16(10-26-30(20)2)27-24(29-23)32-8-6-7-15(32)12-33/h9-11,13-15,17,33H,6-8,12H2,1-5H3,(H,27,28,29)/t14?,15-,17?/m0/s1. The summed E-state index contributed by atoms with van der Waals surface area (Å²) in [6, 6.07) is -0.0785. The van der Waals surface area contributed by atoms with Crippen LogP contribution in [0.5, 0.6) is 0 Å². The molecule has 12 nitrogen and oxygen atoms in total. The minimum absolute atomic E-state index is 0.00841. The fourth-order valence-electron chi connectivity index (χ4n) is 5.10. The van der Waals surface area contributed by atoms with E-state index in [4.69, 9.17) is 24.2 Å². The molecule has 2 unspecified atom stereocenters. The van der Waals surface area contributed by atoms with Gasteiger partial charge in [-0.05, 0) is 18.9 Å². The Morgan fingerprint density at radius 3 is 2.72 bits per heavy atom. The van der Waals surface area contributed by atoms with E-state index in [9.17, 15) is 5.11 Å². The van der Waals surface area contributed by atoms with Crippen molar-refractivity contribution in [3.8, 4) is 0 Å². The van der Waals surface area contributed by atoms with Gasteiger partial charge in [-0.1, -0.05) is 6.92 Å². The Hall–Kier alpha value is -3.80. The van der Waals surface area contributed by atoms with Crippen LogP contribution in [-0.4, -0.2) is 74.9 Å². The van der Waals surface area contributed by atoms with E-state index in [0.29, 0.717) is 34.9 Å². The molecule has 2 N–H and O–H groups in total. The van der Waals surface area contributed by atoms with Crippen LogP contribution < -0.4 is 10.2 Å². The Morgan fingerprint density at radius 2 is 2.00 bits per heavy atom. The van der Waals surface area contributed by atoms with Crippen molar-refractivity contribution in [2.45, 2.75) is 31.8 Å². The summed E-state index contributed by atoms with van der Waals surface area (Å²) in [5, 5.41) is 17.5. The third-order valence-corrected chi connectivity index (χ3v) is 6.95. The quantitative estimate of drug-likeness (QED) is 0.480. The summed E-state index contributed by atoms with van der Waals surface area (Å²) in [6.45, 7) is 2.94. The van der Waals surface area contributed by atoms with Crippen molar-refractivity contribution in [1.82, 2.24) is 29.3 Å². The largest absolute Gasteiger partial charge is 0.497 e. The second kappa shape index (κ2) is 9.69. The number of methoxy groups -OCH3 is 3. The summed E-state index contributed by atoms with van der Waals surface area (Å²) < 4.78 is 20.5. The van der Waals surface area contributed by atoms with Gasteiger partial charge in [0.1, 0.15) is 22.6 Å². The van der Waals surface area contributed by atoms with E-state index in [1.807, 2.05) is 23.9 Å². The van der Waals surface area contributed by atoms with Crippen LogP contribution in [0.3, 0.4) is 0 Å². The number of hydrogen-bond acceptors (Lipinski definition) is 10. The summed E-state index contributed by atoms with van der Waals surface area (Å²) in [4.78, 5) is 16.2. The van der Waals surface area contributed by atoms with Gasteiger partial charge in [0.2, 0.25) is 5.95 Å². The Morgan fingerprint density at radius 1 is 1.17 bits per heavy atom. The summed E-state index contributed by atoms with van der Waals surface area (Å²) >= 11 is 0. The van der Waals surface area contributed by atoms with Crippen LogP contribution in [0.1, 0.15) is 25.8 Å². The molecule has 1 aliphatic carbocycles. The van der Waals surface area contributed by atoms with Gasteiger partial charge < -0.3 is 34.1 Å². The highest BCUT2D eigenvalue weighted by molar-refractivity contribution is 5.88. The molecule has 36 heavy (non-hydrogen) atoms. The van der Waals surface area contributed by atoms with Gasteiger partial charge >= 0.3 is 0 Å². The SMILES string of the molecule is COC1=CC(n2cnc(Nc3nc(N4CCC[C@H]4CO)nc4cnn(C)c34)c2)C(C)C(OC)=C1OC. The lowest BCUT2D eigenvalue weighted by atomic mass is 9.92. The lowest BCUT2D eigenvalue weighted by Gasteiger charge is -2.30. The molecular weight excluding hydrogens is 464 g/mol. The number of aliphatic hydroxyl groups excluding tert-OH is 1. The molecule has 1 fully saturated rings. The first-order chi connectivity index (χ1) is 17.5. The lowest BCUT2D eigenvalue weighted by molar-refractivity contribution is 0.145. The van der Waals surface area contributed by atoms with E-state index in [0.717, 1.165) is 30.4 Å². The van der Waals surface area contributed by atoms with Crippen molar-refractivity contribution in [2.75, 3.05) is 44.7 Å². The zero-order valence-corrected chi connectivity index (χ0v) is 21.2. The number of nitrogens with one attached hydrogen (secondary N) is 1. The van der Waals surface area contributed by atoms with Crippen molar-refractivity contribution in [2.24, 2.45) is 13.0 Å². The van der Waals surface area contributed by atoms with E-state index in [2.05, 4.69) is 27.2 Å². The minimum atomic E-state index is -0.0931. The maximum absolute atomic E-state index is 9.80. The van der Waals surface area contributed by atoms with Gasteiger partial charge in [-0.3, -0.25) is 4.68 Å². The van der Waals surface area contributed by atoms with Crippen molar-refractivity contribution >= 4 is 28.6 Å². The number of ether oxygens (including phenoxy) is 3. The third kappa shape index (κ3) is 4.00. The van der Waals surface area contributed by atoms with Crippen LogP contribution in [0.15, 0.2) is 42.1 Å². The second-order valence-corrected chi connectivity index (χ2v) is 8.99. The smallest absolute Gasteiger partial charge is 0.228 e. The number of hydrogen-bond donors (Lipinski definition) is 2. The minimum Gasteiger partial charge on any atom is -0.497 e. The van der Waals surface area contributed by atoms with Gasteiger partial charge in [-0.2, -0.15) is 10.1 Å². The number of imidazole rings is 1. The maximum Gasteiger partial charge on any atom is 0.228 e. The van der Waals surface area contributed by atoms with Crippen LogP contribution in [0.2, 0.25) is 0 Å². The Bertz CT molecular complexity index is 1310. The van der Waals surface area contributed by atoms with Crippen molar-refractivity contribution in [3.63, 3.8) is 0 Å². The molecule has 1 saturated heterocycles. The van der Waals surface area contributed by atoms with Gasteiger partial charge in [-0.25, -0.2) is 9.97 Å².